The Kier molecular flexibility index (Phi) is 4.22. The van der Waals surface area contributed by atoms with Gasteiger partial charge in [-0.2, -0.15) is 0 Å². The summed E-state index contributed by atoms with van der Waals surface area (Å²) >= 11 is 9.00. The first-order valence-electron chi connectivity index (χ1n) is 6.65. The maximum absolute atomic E-state index is 12.1. The number of furan rings is 1. The van der Waals surface area contributed by atoms with Gasteiger partial charge in [0.25, 0.3) is 5.91 Å². The Labute approximate surface area is 140 Å². The third-order valence-corrected chi connectivity index (χ3v) is 4.07. The fourth-order valence-electron chi connectivity index (χ4n) is 2.37. The van der Waals surface area contributed by atoms with Crippen LogP contribution in [0.4, 0.5) is 5.69 Å². The maximum atomic E-state index is 12.1. The fourth-order valence-corrected chi connectivity index (χ4v) is 2.80. The van der Waals surface area contributed by atoms with Gasteiger partial charge in [-0.1, -0.05) is 11.6 Å². The minimum Gasteiger partial charge on any atom is -0.444 e. The molecule has 0 radical (unpaired) electrons. The highest BCUT2D eigenvalue weighted by Gasteiger charge is 2.32. The fraction of sp³-hybridized carbons (Fsp3) is 0.200. The summed E-state index contributed by atoms with van der Waals surface area (Å²) in [7, 11) is 0. The summed E-state index contributed by atoms with van der Waals surface area (Å²) in [6, 6.07) is 10.0. The van der Waals surface area contributed by atoms with Crippen LogP contribution >= 0.6 is 27.5 Å². The minimum atomic E-state index is -0.332. The molecule has 0 spiro atoms. The summed E-state index contributed by atoms with van der Waals surface area (Å²) in [5.41, 5.74) is 0.770. The first-order valence-corrected chi connectivity index (χ1v) is 7.82. The second-order valence-corrected chi connectivity index (χ2v) is 6.18. The standard InChI is InChI=1S/C15H12BrClN2O3/c16-13-6-5-12(22-13)15(21)18-10-7-14(20)19(8-10)11-3-1-9(17)2-4-11/h1-6,10H,7-8H2,(H,18,21)/t10-/m0/s1. The summed E-state index contributed by atoms with van der Waals surface area (Å²) in [5, 5.41) is 3.42. The van der Waals surface area contributed by atoms with Crippen molar-refractivity contribution in [1.29, 1.82) is 0 Å². The number of amides is 2. The number of halogens is 2. The van der Waals surface area contributed by atoms with Crippen molar-refractivity contribution in [2.75, 3.05) is 11.4 Å². The molecule has 0 saturated carbocycles. The molecule has 1 fully saturated rings. The molecule has 1 aromatic heterocycles. The summed E-state index contributed by atoms with van der Waals surface area (Å²) in [4.78, 5) is 25.8. The molecule has 1 aliphatic heterocycles. The van der Waals surface area contributed by atoms with Gasteiger partial charge in [-0.05, 0) is 52.3 Å². The Hall–Kier alpha value is -1.79. The van der Waals surface area contributed by atoms with Gasteiger partial charge in [-0.15, -0.1) is 0 Å². The Bertz CT molecular complexity index is 714. The lowest BCUT2D eigenvalue weighted by Crippen LogP contribution is -2.37. The molecule has 0 bridgehead atoms. The normalized spacial score (nSPS) is 17.8. The van der Waals surface area contributed by atoms with Gasteiger partial charge in [0.1, 0.15) is 0 Å². The molecule has 1 atom stereocenters. The van der Waals surface area contributed by atoms with Crippen LogP contribution in [-0.2, 0) is 4.79 Å². The van der Waals surface area contributed by atoms with Gasteiger partial charge in [0.15, 0.2) is 10.4 Å². The third-order valence-electron chi connectivity index (χ3n) is 3.40. The van der Waals surface area contributed by atoms with E-state index in [1.54, 1.807) is 41.3 Å². The number of rotatable bonds is 3. The Morgan fingerprint density at radius 1 is 1.27 bits per heavy atom. The van der Waals surface area contributed by atoms with Gasteiger partial charge in [0.2, 0.25) is 5.91 Å². The highest BCUT2D eigenvalue weighted by Crippen LogP contribution is 2.23. The Balaban J connectivity index is 1.67. The van der Waals surface area contributed by atoms with Crippen LogP contribution in [0, 0.1) is 0 Å². The van der Waals surface area contributed by atoms with E-state index in [0.29, 0.717) is 16.2 Å². The molecular formula is C15H12BrClN2O3. The van der Waals surface area contributed by atoms with Crippen LogP contribution in [0.25, 0.3) is 0 Å². The van der Waals surface area contributed by atoms with Gasteiger partial charge in [0, 0.05) is 23.7 Å². The lowest BCUT2D eigenvalue weighted by atomic mass is 10.2. The van der Waals surface area contributed by atoms with Crippen molar-refractivity contribution in [3.8, 4) is 0 Å². The largest absolute Gasteiger partial charge is 0.444 e. The number of anilines is 1. The van der Waals surface area contributed by atoms with E-state index in [9.17, 15) is 9.59 Å². The van der Waals surface area contributed by atoms with Crippen molar-refractivity contribution in [3.63, 3.8) is 0 Å². The van der Waals surface area contributed by atoms with E-state index in [0.717, 1.165) is 5.69 Å². The van der Waals surface area contributed by atoms with Crippen molar-refractivity contribution in [2.24, 2.45) is 0 Å². The molecule has 3 rings (SSSR count). The summed E-state index contributed by atoms with van der Waals surface area (Å²) in [6.45, 7) is 0.425. The Morgan fingerprint density at radius 2 is 2.00 bits per heavy atom. The molecule has 2 aromatic rings. The quantitative estimate of drug-likeness (QED) is 0.885. The van der Waals surface area contributed by atoms with Crippen molar-refractivity contribution < 1.29 is 14.0 Å². The molecule has 0 aliphatic carbocycles. The van der Waals surface area contributed by atoms with Gasteiger partial charge in [0.05, 0.1) is 6.04 Å². The van der Waals surface area contributed by atoms with Crippen LogP contribution in [0.5, 0.6) is 0 Å². The monoisotopic (exact) mass is 382 g/mol. The number of carbonyl (C=O) groups excluding carboxylic acids is 2. The molecular weight excluding hydrogens is 372 g/mol. The lowest BCUT2D eigenvalue weighted by molar-refractivity contribution is -0.117. The van der Waals surface area contributed by atoms with E-state index in [-0.39, 0.29) is 30.0 Å². The first-order chi connectivity index (χ1) is 10.5. The number of benzene rings is 1. The van der Waals surface area contributed by atoms with Gasteiger partial charge < -0.3 is 14.6 Å². The predicted octanol–water partition coefficient (Wildman–Crippen LogP) is 3.23. The number of hydrogen-bond acceptors (Lipinski definition) is 3. The van der Waals surface area contributed by atoms with E-state index in [2.05, 4.69) is 21.2 Å². The molecule has 114 valence electrons. The first kappa shape index (κ1) is 15.1. The molecule has 22 heavy (non-hydrogen) atoms. The average molecular weight is 384 g/mol. The van der Waals surface area contributed by atoms with E-state index in [1.165, 1.54) is 0 Å². The molecule has 1 aromatic carbocycles. The second-order valence-electron chi connectivity index (χ2n) is 4.96. The van der Waals surface area contributed by atoms with E-state index in [4.69, 9.17) is 16.0 Å². The van der Waals surface area contributed by atoms with Crippen LogP contribution in [0.1, 0.15) is 17.0 Å². The average Bonchev–Trinajstić information content (AvgIpc) is 3.06. The number of carbonyl (C=O) groups is 2. The zero-order chi connectivity index (χ0) is 15.7. The van der Waals surface area contributed by atoms with E-state index < -0.39 is 0 Å². The molecule has 2 heterocycles. The maximum Gasteiger partial charge on any atom is 0.287 e. The van der Waals surface area contributed by atoms with E-state index >= 15 is 0 Å². The number of nitrogens with one attached hydrogen (secondary N) is 1. The molecule has 7 heteroatoms. The molecule has 5 nitrogen and oxygen atoms in total. The number of hydrogen-bond donors (Lipinski definition) is 1. The smallest absolute Gasteiger partial charge is 0.287 e. The summed E-state index contributed by atoms with van der Waals surface area (Å²) < 4.78 is 5.69. The van der Waals surface area contributed by atoms with Crippen LogP contribution in [-0.4, -0.2) is 24.4 Å². The van der Waals surface area contributed by atoms with Gasteiger partial charge in [-0.3, -0.25) is 9.59 Å². The van der Waals surface area contributed by atoms with Crippen LogP contribution < -0.4 is 10.2 Å². The highest BCUT2D eigenvalue weighted by molar-refractivity contribution is 9.10. The Morgan fingerprint density at radius 3 is 2.64 bits per heavy atom. The molecule has 1 saturated heterocycles. The van der Waals surface area contributed by atoms with Crippen molar-refractivity contribution in [3.05, 3.63) is 51.9 Å². The lowest BCUT2D eigenvalue weighted by Gasteiger charge is -2.17. The third kappa shape index (κ3) is 3.18. The summed E-state index contributed by atoms with van der Waals surface area (Å²) in [6.07, 6.45) is 0.260. The van der Waals surface area contributed by atoms with Crippen LogP contribution in [0.15, 0.2) is 45.5 Å². The predicted molar refractivity (Wildman–Crippen MR) is 86.1 cm³/mol. The van der Waals surface area contributed by atoms with Crippen molar-refractivity contribution >= 4 is 45.0 Å². The van der Waals surface area contributed by atoms with Gasteiger partial charge >= 0.3 is 0 Å². The van der Waals surface area contributed by atoms with Crippen molar-refractivity contribution in [2.45, 2.75) is 12.5 Å². The topological polar surface area (TPSA) is 62.6 Å². The van der Waals surface area contributed by atoms with Crippen LogP contribution in [0.2, 0.25) is 5.02 Å². The minimum absolute atomic E-state index is 0.0340. The molecule has 1 N–H and O–H groups in total. The number of nitrogens with zero attached hydrogens (tertiary/aromatic N) is 1. The van der Waals surface area contributed by atoms with Gasteiger partial charge in [-0.25, -0.2) is 0 Å². The second kappa shape index (κ2) is 6.14. The van der Waals surface area contributed by atoms with Crippen LogP contribution in [0.3, 0.4) is 0 Å². The molecule has 1 aliphatic rings. The highest BCUT2D eigenvalue weighted by atomic mass is 79.9. The molecule has 0 unspecified atom stereocenters. The molecule has 2 amide bonds. The zero-order valence-electron chi connectivity index (χ0n) is 11.4. The SMILES string of the molecule is O=C(N[C@H]1CC(=O)N(c2ccc(Cl)cc2)C1)c1ccc(Br)o1. The summed E-state index contributed by atoms with van der Waals surface area (Å²) in [5.74, 6) is -0.154. The zero-order valence-corrected chi connectivity index (χ0v) is 13.7. The van der Waals surface area contributed by atoms with E-state index in [1.807, 2.05) is 0 Å². The van der Waals surface area contributed by atoms with Crippen molar-refractivity contribution in [1.82, 2.24) is 5.32 Å².